The molecule has 0 aromatic heterocycles. The number of aliphatic hydroxyl groups excluding tert-OH is 3. The van der Waals surface area contributed by atoms with Crippen molar-refractivity contribution in [1.29, 1.82) is 0 Å². The van der Waals surface area contributed by atoms with Crippen molar-refractivity contribution in [2.24, 2.45) is 5.92 Å². The molecule has 4 nitrogen and oxygen atoms in total. The number of fused-ring (bicyclic) bond motifs is 1. The van der Waals surface area contributed by atoms with Gasteiger partial charge in [0.2, 0.25) is 0 Å². The minimum absolute atomic E-state index is 0.223. The first-order valence-electron chi connectivity index (χ1n) is 4.89. The van der Waals surface area contributed by atoms with Crippen LogP contribution in [0.2, 0.25) is 0 Å². The predicted octanol–water partition coefficient (Wildman–Crippen LogP) is -1.21. The molecular weight excluding hydrogens is 170 g/mol. The van der Waals surface area contributed by atoms with Gasteiger partial charge in [0, 0.05) is 6.54 Å². The second-order valence-corrected chi connectivity index (χ2v) is 4.30. The second-order valence-electron chi connectivity index (χ2n) is 4.30. The van der Waals surface area contributed by atoms with E-state index in [0.29, 0.717) is 6.54 Å². The van der Waals surface area contributed by atoms with E-state index in [4.69, 9.17) is 0 Å². The number of aliphatic hydroxyl groups is 3. The fourth-order valence-electron chi connectivity index (χ4n) is 2.45. The van der Waals surface area contributed by atoms with Crippen LogP contribution in [0.3, 0.4) is 0 Å². The largest absolute Gasteiger partial charge is 0.391 e. The first kappa shape index (κ1) is 9.40. The Morgan fingerprint density at radius 3 is 2.54 bits per heavy atom. The number of rotatable bonds is 0. The zero-order valence-corrected chi connectivity index (χ0v) is 7.80. The normalized spacial score (nSPS) is 52.2. The summed E-state index contributed by atoms with van der Waals surface area (Å²) in [6, 6.07) is -0.251. The van der Waals surface area contributed by atoms with Gasteiger partial charge >= 0.3 is 0 Å². The summed E-state index contributed by atoms with van der Waals surface area (Å²) in [5.41, 5.74) is 0. The monoisotopic (exact) mass is 187 g/mol. The smallest absolute Gasteiger partial charge is 0.0991 e. The van der Waals surface area contributed by atoms with Gasteiger partial charge in [-0.15, -0.1) is 0 Å². The van der Waals surface area contributed by atoms with Crippen LogP contribution in [0.1, 0.15) is 13.3 Å². The number of hydrogen-bond acceptors (Lipinski definition) is 4. The topological polar surface area (TPSA) is 63.9 Å². The lowest BCUT2D eigenvalue weighted by Crippen LogP contribution is -2.52. The summed E-state index contributed by atoms with van der Waals surface area (Å²) >= 11 is 0. The van der Waals surface area contributed by atoms with E-state index in [0.717, 1.165) is 13.0 Å². The second kappa shape index (κ2) is 3.20. The van der Waals surface area contributed by atoms with Crippen LogP contribution in [-0.2, 0) is 0 Å². The molecule has 0 unspecified atom stereocenters. The van der Waals surface area contributed by atoms with Crippen molar-refractivity contribution in [2.75, 3.05) is 13.1 Å². The Kier molecular flexibility index (Phi) is 2.32. The maximum atomic E-state index is 9.82. The van der Waals surface area contributed by atoms with Gasteiger partial charge in [-0.3, -0.25) is 4.90 Å². The SMILES string of the molecule is C[C@@H]1CCN2C[C@@H](O)[C@@H](O)[C@H]2[C@@H]1O. The van der Waals surface area contributed by atoms with Crippen LogP contribution >= 0.6 is 0 Å². The Balaban J connectivity index is 2.14. The molecule has 0 saturated carbocycles. The number of piperidine rings is 1. The summed E-state index contributed by atoms with van der Waals surface area (Å²) in [6.07, 6.45) is -1.03. The van der Waals surface area contributed by atoms with Gasteiger partial charge in [-0.2, -0.15) is 0 Å². The molecule has 2 fully saturated rings. The Bertz CT molecular complexity index is 197. The molecule has 0 aliphatic carbocycles. The highest BCUT2D eigenvalue weighted by atomic mass is 16.3. The average Bonchev–Trinajstić information content (AvgIpc) is 2.37. The van der Waals surface area contributed by atoms with Crippen LogP contribution in [0.15, 0.2) is 0 Å². The molecule has 0 bridgehead atoms. The van der Waals surface area contributed by atoms with Crippen LogP contribution in [0, 0.1) is 5.92 Å². The third-order valence-electron chi connectivity index (χ3n) is 3.39. The number of hydrogen-bond donors (Lipinski definition) is 3. The zero-order chi connectivity index (χ0) is 9.59. The highest BCUT2D eigenvalue weighted by Gasteiger charge is 2.47. The molecule has 13 heavy (non-hydrogen) atoms. The molecule has 0 spiro atoms. The molecule has 0 aromatic rings. The third kappa shape index (κ3) is 1.38. The fraction of sp³-hybridized carbons (Fsp3) is 1.00. The lowest BCUT2D eigenvalue weighted by atomic mass is 9.88. The molecule has 2 aliphatic rings. The first-order valence-corrected chi connectivity index (χ1v) is 4.89. The van der Waals surface area contributed by atoms with Crippen LogP contribution < -0.4 is 0 Å². The Labute approximate surface area is 77.8 Å². The molecule has 5 atom stereocenters. The fourth-order valence-corrected chi connectivity index (χ4v) is 2.45. The van der Waals surface area contributed by atoms with Gasteiger partial charge in [0.25, 0.3) is 0 Å². The quantitative estimate of drug-likeness (QED) is 0.445. The molecule has 2 saturated heterocycles. The van der Waals surface area contributed by atoms with Gasteiger partial charge in [-0.05, 0) is 18.9 Å². The van der Waals surface area contributed by atoms with E-state index in [9.17, 15) is 15.3 Å². The molecule has 2 aliphatic heterocycles. The lowest BCUT2D eigenvalue weighted by Gasteiger charge is -2.38. The zero-order valence-electron chi connectivity index (χ0n) is 7.80. The van der Waals surface area contributed by atoms with Crippen LogP contribution in [0.5, 0.6) is 0 Å². The summed E-state index contributed by atoms with van der Waals surface area (Å²) in [5, 5.41) is 28.9. The van der Waals surface area contributed by atoms with Gasteiger partial charge in [-0.25, -0.2) is 0 Å². The van der Waals surface area contributed by atoms with E-state index in [1.807, 2.05) is 11.8 Å². The van der Waals surface area contributed by atoms with Crippen molar-refractivity contribution in [3.8, 4) is 0 Å². The molecule has 2 rings (SSSR count). The standard InChI is InChI=1S/C9H17NO3/c1-5-2-3-10-4-6(11)9(13)7(10)8(5)12/h5-9,11-13H,2-4H2,1H3/t5-,6-,7-,8-,9-/m1/s1. The maximum Gasteiger partial charge on any atom is 0.0991 e. The highest BCUT2D eigenvalue weighted by Crippen LogP contribution is 2.30. The average molecular weight is 187 g/mol. The lowest BCUT2D eigenvalue weighted by molar-refractivity contribution is -0.0519. The summed E-state index contributed by atoms with van der Waals surface area (Å²) in [5.74, 6) is 0.223. The Hall–Kier alpha value is -0.160. The Morgan fingerprint density at radius 1 is 1.15 bits per heavy atom. The van der Waals surface area contributed by atoms with Crippen LogP contribution in [0.25, 0.3) is 0 Å². The van der Waals surface area contributed by atoms with Gasteiger partial charge < -0.3 is 15.3 Å². The molecule has 2 heterocycles. The predicted molar refractivity (Wildman–Crippen MR) is 47.2 cm³/mol. The molecule has 3 N–H and O–H groups in total. The van der Waals surface area contributed by atoms with Crippen molar-refractivity contribution in [1.82, 2.24) is 4.90 Å². The van der Waals surface area contributed by atoms with Gasteiger partial charge in [-0.1, -0.05) is 6.92 Å². The van der Waals surface area contributed by atoms with Gasteiger partial charge in [0.05, 0.1) is 24.4 Å². The highest BCUT2D eigenvalue weighted by molar-refractivity contribution is 5.01. The van der Waals surface area contributed by atoms with Crippen molar-refractivity contribution in [3.63, 3.8) is 0 Å². The van der Waals surface area contributed by atoms with Gasteiger partial charge in [0.1, 0.15) is 0 Å². The van der Waals surface area contributed by atoms with Crippen molar-refractivity contribution in [2.45, 2.75) is 37.7 Å². The van der Waals surface area contributed by atoms with Crippen molar-refractivity contribution < 1.29 is 15.3 Å². The first-order chi connectivity index (χ1) is 6.11. The minimum Gasteiger partial charge on any atom is -0.391 e. The summed E-state index contributed by atoms with van der Waals surface area (Å²) in [4.78, 5) is 1.99. The molecule has 0 radical (unpaired) electrons. The Morgan fingerprint density at radius 2 is 1.85 bits per heavy atom. The third-order valence-corrected chi connectivity index (χ3v) is 3.39. The van der Waals surface area contributed by atoms with E-state index in [1.165, 1.54) is 0 Å². The van der Waals surface area contributed by atoms with E-state index < -0.39 is 18.3 Å². The van der Waals surface area contributed by atoms with Crippen molar-refractivity contribution >= 4 is 0 Å². The summed E-state index contributed by atoms with van der Waals surface area (Å²) < 4.78 is 0. The minimum atomic E-state index is -0.780. The molecule has 76 valence electrons. The van der Waals surface area contributed by atoms with E-state index >= 15 is 0 Å². The summed E-state index contributed by atoms with van der Waals surface area (Å²) in [7, 11) is 0. The number of nitrogens with zero attached hydrogens (tertiary/aromatic N) is 1. The van der Waals surface area contributed by atoms with E-state index in [1.54, 1.807) is 0 Å². The van der Waals surface area contributed by atoms with Crippen molar-refractivity contribution in [3.05, 3.63) is 0 Å². The molecular formula is C9H17NO3. The maximum absolute atomic E-state index is 9.82. The van der Waals surface area contributed by atoms with E-state index in [2.05, 4.69) is 0 Å². The summed E-state index contributed by atoms with van der Waals surface area (Å²) in [6.45, 7) is 3.35. The molecule has 0 amide bonds. The van der Waals surface area contributed by atoms with Gasteiger partial charge in [0.15, 0.2) is 0 Å². The molecule has 0 aromatic carbocycles. The van der Waals surface area contributed by atoms with Crippen LogP contribution in [0.4, 0.5) is 0 Å². The van der Waals surface area contributed by atoms with E-state index in [-0.39, 0.29) is 12.0 Å². The van der Waals surface area contributed by atoms with Crippen LogP contribution in [-0.4, -0.2) is 57.7 Å². The molecule has 4 heteroatoms.